The maximum Gasteiger partial charge on any atom is 0.239 e. The fourth-order valence-electron chi connectivity index (χ4n) is 4.67. The fraction of sp³-hybridized carbons (Fsp3) is 0.241. The first-order valence-electron chi connectivity index (χ1n) is 12.4. The second-order valence-corrected chi connectivity index (χ2v) is 9.22. The van der Waals surface area contributed by atoms with Crippen LogP contribution in [0.25, 0.3) is 16.9 Å². The minimum atomic E-state index is 0.0665. The van der Waals surface area contributed by atoms with Crippen LogP contribution in [0.5, 0.6) is 5.75 Å². The molecule has 4 aromatic rings. The number of aromatic nitrogens is 4. The van der Waals surface area contributed by atoms with Crippen LogP contribution in [0, 0.1) is 11.3 Å². The molecule has 4 heterocycles. The van der Waals surface area contributed by atoms with Gasteiger partial charge in [0, 0.05) is 37.0 Å². The molecule has 8 nitrogen and oxygen atoms in total. The third-order valence-electron chi connectivity index (χ3n) is 6.74. The molecular weight excluding hydrogens is 464 g/mol. The topological polar surface area (TPSA) is 88.2 Å². The molecule has 0 bridgehead atoms. The van der Waals surface area contributed by atoms with E-state index in [1.807, 2.05) is 54.6 Å². The van der Waals surface area contributed by atoms with Crippen molar-refractivity contribution in [1.29, 1.82) is 5.26 Å². The highest BCUT2D eigenvalue weighted by Crippen LogP contribution is 2.37. The number of benzene rings is 2. The molecule has 0 spiro atoms. The minimum absolute atomic E-state index is 0.0665. The molecule has 0 atom stereocenters. The molecule has 0 amide bonds. The van der Waals surface area contributed by atoms with Crippen LogP contribution >= 0.6 is 0 Å². The van der Waals surface area contributed by atoms with E-state index in [9.17, 15) is 5.26 Å². The van der Waals surface area contributed by atoms with Crippen molar-refractivity contribution in [2.24, 2.45) is 12.0 Å². The highest BCUT2D eigenvalue weighted by atomic mass is 16.5. The zero-order valence-corrected chi connectivity index (χ0v) is 20.5. The molecular formula is C29H26N6O2+2. The number of rotatable bonds is 5. The average Bonchev–Trinajstić information content (AvgIpc) is 3.39. The van der Waals surface area contributed by atoms with Gasteiger partial charge in [-0.2, -0.15) is 14.4 Å². The molecule has 182 valence electrons. The number of fused-ring (bicyclic) bond motifs is 1. The molecule has 0 saturated carbocycles. The molecule has 2 aromatic heterocycles. The monoisotopic (exact) mass is 490 g/mol. The van der Waals surface area contributed by atoms with Gasteiger partial charge in [0.15, 0.2) is 0 Å². The van der Waals surface area contributed by atoms with Gasteiger partial charge in [0.2, 0.25) is 30.5 Å². The predicted octanol–water partition coefficient (Wildman–Crippen LogP) is 3.35. The molecule has 1 saturated heterocycles. The number of ether oxygens (including phenoxy) is 2. The first kappa shape index (κ1) is 23.0. The lowest BCUT2D eigenvalue weighted by atomic mass is 10.0. The van der Waals surface area contributed by atoms with Gasteiger partial charge in [0.1, 0.15) is 37.0 Å². The lowest BCUT2D eigenvalue weighted by Gasteiger charge is -2.23. The largest absolute Gasteiger partial charge is 0.489 e. The summed E-state index contributed by atoms with van der Waals surface area (Å²) in [4.78, 5) is 14.0. The maximum absolute atomic E-state index is 9.80. The van der Waals surface area contributed by atoms with Crippen molar-refractivity contribution >= 4 is 11.4 Å². The third-order valence-corrected chi connectivity index (χ3v) is 6.74. The zero-order chi connectivity index (χ0) is 25.2. The summed E-state index contributed by atoms with van der Waals surface area (Å²) < 4.78 is 15.6. The third kappa shape index (κ3) is 4.69. The molecule has 0 aliphatic carbocycles. The van der Waals surface area contributed by atoms with Crippen LogP contribution in [0.3, 0.4) is 0 Å². The van der Waals surface area contributed by atoms with Crippen molar-refractivity contribution < 1.29 is 18.6 Å². The van der Waals surface area contributed by atoms with E-state index in [1.54, 1.807) is 6.33 Å². The molecule has 0 radical (unpaired) electrons. The lowest BCUT2D eigenvalue weighted by Crippen LogP contribution is -2.37. The zero-order valence-electron chi connectivity index (χ0n) is 20.5. The summed E-state index contributed by atoms with van der Waals surface area (Å²) in [6.45, 7) is 1.37. The minimum Gasteiger partial charge on any atom is -0.489 e. The van der Waals surface area contributed by atoms with E-state index in [0.717, 1.165) is 52.4 Å². The van der Waals surface area contributed by atoms with Gasteiger partial charge < -0.3 is 9.47 Å². The average molecular weight is 491 g/mol. The van der Waals surface area contributed by atoms with Crippen molar-refractivity contribution in [3.8, 4) is 28.8 Å². The van der Waals surface area contributed by atoms with E-state index in [4.69, 9.17) is 14.5 Å². The molecule has 2 aliphatic rings. The Hall–Kier alpha value is -4.48. The Labute approximate surface area is 215 Å². The van der Waals surface area contributed by atoms with Gasteiger partial charge in [-0.15, -0.1) is 0 Å². The standard InChI is InChI=1S/C29H26N6O2/c1-34-10-12-35(13-11-34)23-5-2-20(3-6-23)25-17-26-29(33-25)28(32-19-31-26)21-4-7-27(22(16-21)18-30)37-24-8-14-36-15-9-24/h2-7,10-13,16,19,24H,8-9,14-15,17H2,1H3/q+2. The van der Waals surface area contributed by atoms with Crippen molar-refractivity contribution in [3.63, 3.8) is 0 Å². The van der Waals surface area contributed by atoms with Crippen LogP contribution in [0.4, 0.5) is 5.69 Å². The Morgan fingerprint density at radius 3 is 2.49 bits per heavy atom. The first-order chi connectivity index (χ1) is 18.2. The number of aliphatic imine (C=N–C) groups is 1. The maximum atomic E-state index is 9.80. The summed E-state index contributed by atoms with van der Waals surface area (Å²) in [5.41, 5.74) is 6.75. The predicted molar refractivity (Wildman–Crippen MR) is 136 cm³/mol. The quantitative estimate of drug-likeness (QED) is 0.401. The molecule has 8 heteroatoms. The second-order valence-electron chi connectivity index (χ2n) is 9.22. The Balaban J connectivity index is 1.27. The van der Waals surface area contributed by atoms with Crippen LogP contribution in [0.2, 0.25) is 0 Å². The van der Waals surface area contributed by atoms with E-state index >= 15 is 0 Å². The number of nitriles is 1. The van der Waals surface area contributed by atoms with Gasteiger partial charge in [0.25, 0.3) is 0 Å². The SMILES string of the molecule is C[n+]1cc[n+](-c2ccc(C3=Nc4c(ncnc4-c4ccc(OC5CCOCC5)c(C#N)c4)C3)cc2)cc1. The number of hydrogen-bond acceptors (Lipinski definition) is 6. The molecule has 1 fully saturated rings. The normalized spacial score (nSPS) is 15.1. The Morgan fingerprint density at radius 2 is 1.73 bits per heavy atom. The number of hydrogen-bond donors (Lipinski definition) is 0. The molecule has 0 N–H and O–H groups in total. The summed E-state index contributed by atoms with van der Waals surface area (Å²) in [6, 6.07) is 16.3. The summed E-state index contributed by atoms with van der Waals surface area (Å²) in [7, 11) is 2.00. The van der Waals surface area contributed by atoms with Gasteiger partial charge in [0.05, 0.1) is 35.9 Å². The summed E-state index contributed by atoms with van der Waals surface area (Å²) in [6.07, 6.45) is 12.0. The number of nitrogens with zero attached hydrogens (tertiary/aromatic N) is 6. The number of aryl methyl sites for hydroxylation is 1. The van der Waals surface area contributed by atoms with Crippen molar-refractivity contribution in [3.05, 3.63) is 90.4 Å². The van der Waals surface area contributed by atoms with Crippen LogP contribution in [0.1, 0.15) is 29.7 Å². The summed E-state index contributed by atoms with van der Waals surface area (Å²) in [5, 5.41) is 9.80. The summed E-state index contributed by atoms with van der Waals surface area (Å²) >= 11 is 0. The van der Waals surface area contributed by atoms with Crippen LogP contribution in [-0.2, 0) is 18.2 Å². The second kappa shape index (κ2) is 9.88. The summed E-state index contributed by atoms with van der Waals surface area (Å²) in [5.74, 6) is 0.596. The fourth-order valence-corrected chi connectivity index (χ4v) is 4.67. The van der Waals surface area contributed by atoms with Crippen LogP contribution < -0.4 is 13.9 Å². The van der Waals surface area contributed by atoms with Crippen LogP contribution in [-0.4, -0.2) is 35.0 Å². The lowest BCUT2D eigenvalue weighted by molar-refractivity contribution is -0.702. The smallest absolute Gasteiger partial charge is 0.239 e. The van der Waals surface area contributed by atoms with E-state index in [1.165, 1.54) is 0 Å². The van der Waals surface area contributed by atoms with Crippen molar-refractivity contribution in [1.82, 2.24) is 9.97 Å². The highest BCUT2D eigenvalue weighted by Gasteiger charge is 2.24. The van der Waals surface area contributed by atoms with Gasteiger partial charge >= 0.3 is 0 Å². The highest BCUT2D eigenvalue weighted by molar-refractivity contribution is 6.07. The van der Waals surface area contributed by atoms with Crippen molar-refractivity contribution in [2.75, 3.05) is 13.2 Å². The molecule has 0 unspecified atom stereocenters. The Bertz CT molecular complexity index is 1520. The Kier molecular flexibility index (Phi) is 6.13. The van der Waals surface area contributed by atoms with Crippen molar-refractivity contribution in [2.45, 2.75) is 25.4 Å². The van der Waals surface area contributed by atoms with E-state index < -0.39 is 0 Å². The molecule has 37 heavy (non-hydrogen) atoms. The molecule has 6 rings (SSSR count). The Morgan fingerprint density at radius 1 is 0.973 bits per heavy atom. The van der Waals surface area contributed by atoms with E-state index in [2.05, 4.69) is 44.9 Å². The first-order valence-corrected chi connectivity index (χ1v) is 12.4. The van der Waals surface area contributed by atoms with E-state index in [-0.39, 0.29) is 6.10 Å². The van der Waals surface area contributed by atoms with E-state index in [0.29, 0.717) is 30.9 Å². The van der Waals surface area contributed by atoms with Gasteiger partial charge in [-0.05, 0) is 35.9 Å². The van der Waals surface area contributed by atoms with Crippen LogP contribution in [0.15, 0.2) is 78.6 Å². The van der Waals surface area contributed by atoms with Gasteiger partial charge in [-0.1, -0.05) is 0 Å². The van der Waals surface area contributed by atoms with Gasteiger partial charge in [-0.3, -0.25) is 0 Å². The molecule has 2 aliphatic heterocycles. The molecule has 2 aromatic carbocycles. The van der Waals surface area contributed by atoms with Gasteiger partial charge in [-0.25, -0.2) is 15.0 Å².